The smallest absolute Gasteiger partial charge is 0.255 e. The molecule has 0 saturated carbocycles. The molecule has 2 aromatic carbocycles. The van der Waals surface area contributed by atoms with Crippen molar-refractivity contribution in [1.82, 2.24) is 15.0 Å². The van der Waals surface area contributed by atoms with Crippen molar-refractivity contribution in [3.63, 3.8) is 0 Å². The molecule has 4 rings (SSSR count). The number of hydrogen-bond acceptors (Lipinski definition) is 5. The highest BCUT2D eigenvalue weighted by Crippen LogP contribution is 2.20. The number of amides is 2. The lowest BCUT2D eigenvalue weighted by Crippen LogP contribution is -2.14. The Morgan fingerprint density at radius 3 is 2.56 bits per heavy atom. The van der Waals surface area contributed by atoms with Crippen LogP contribution < -0.4 is 10.6 Å². The van der Waals surface area contributed by atoms with Crippen LogP contribution in [0.15, 0.2) is 91.9 Å². The summed E-state index contributed by atoms with van der Waals surface area (Å²) in [4.78, 5) is 37.5. The van der Waals surface area contributed by atoms with Crippen LogP contribution in [0.25, 0.3) is 11.3 Å². The Balaban J connectivity index is 1.43. The standard InChI is InChI=1S/C27H23N5O2/c1-3-26(33)32-24-16-20(9-6-18(24)2)27(34)30-22-10-7-19(8-11-22)15-25-29-14-12-23(31-25)21-5-4-13-28-17-21/h3-14,16-17H,1,15H2,2H3,(H,30,34)(H,32,33). The highest BCUT2D eigenvalue weighted by atomic mass is 16.2. The number of benzene rings is 2. The van der Waals surface area contributed by atoms with Gasteiger partial charge in [0.2, 0.25) is 5.91 Å². The summed E-state index contributed by atoms with van der Waals surface area (Å²) in [5.41, 5.74) is 5.31. The van der Waals surface area contributed by atoms with E-state index in [1.807, 2.05) is 49.4 Å². The van der Waals surface area contributed by atoms with Gasteiger partial charge in [-0.3, -0.25) is 14.6 Å². The zero-order valence-electron chi connectivity index (χ0n) is 18.7. The minimum Gasteiger partial charge on any atom is -0.322 e. The minimum absolute atomic E-state index is 0.269. The molecule has 2 N–H and O–H groups in total. The summed E-state index contributed by atoms with van der Waals surface area (Å²) in [5.74, 6) is 0.104. The van der Waals surface area contributed by atoms with Gasteiger partial charge >= 0.3 is 0 Å². The van der Waals surface area contributed by atoms with Crippen molar-refractivity contribution in [1.29, 1.82) is 0 Å². The fourth-order valence-corrected chi connectivity index (χ4v) is 3.33. The van der Waals surface area contributed by atoms with E-state index < -0.39 is 0 Å². The monoisotopic (exact) mass is 449 g/mol. The number of rotatable bonds is 7. The number of nitrogens with zero attached hydrogens (tertiary/aromatic N) is 3. The van der Waals surface area contributed by atoms with Gasteiger partial charge in [-0.2, -0.15) is 0 Å². The molecule has 0 aliphatic heterocycles. The molecule has 0 aliphatic rings. The van der Waals surface area contributed by atoms with Gasteiger partial charge in [-0.05, 0) is 66.6 Å². The molecule has 0 saturated heterocycles. The highest BCUT2D eigenvalue weighted by molar-refractivity contribution is 6.06. The molecular formula is C27H23N5O2. The number of aromatic nitrogens is 3. The van der Waals surface area contributed by atoms with Gasteiger partial charge in [0, 0.05) is 47.5 Å². The molecular weight excluding hydrogens is 426 g/mol. The molecule has 7 nitrogen and oxygen atoms in total. The average Bonchev–Trinajstić information content (AvgIpc) is 2.87. The van der Waals surface area contributed by atoms with Gasteiger partial charge in [0.15, 0.2) is 0 Å². The molecule has 168 valence electrons. The zero-order valence-corrected chi connectivity index (χ0v) is 18.7. The van der Waals surface area contributed by atoms with Crippen LogP contribution in [-0.4, -0.2) is 26.8 Å². The number of carbonyl (C=O) groups excluding carboxylic acids is 2. The summed E-state index contributed by atoms with van der Waals surface area (Å²) < 4.78 is 0. The Bertz CT molecular complexity index is 1330. The molecule has 0 radical (unpaired) electrons. The number of carbonyl (C=O) groups is 2. The van der Waals surface area contributed by atoms with Crippen molar-refractivity contribution in [3.05, 3.63) is 114 Å². The second-order valence-electron chi connectivity index (χ2n) is 7.65. The second kappa shape index (κ2) is 10.3. The Kier molecular flexibility index (Phi) is 6.84. The summed E-state index contributed by atoms with van der Waals surface area (Å²) in [5, 5.41) is 5.60. The lowest BCUT2D eigenvalue weighted by Gasteiger charge is -2.10. The highest BCUT2D eigenvalue weighted by Gasteiger charge is 2.10. The number of aryl methyl sites for hydroxylation is 1. The molecule has 2 amide bonds. The Morgan fingerprint density at radius 1 is 1.00 bits per heavy atom. The van der Waals surface area contributed by atoms with Crippen LogP contribution in [-0.2, 0) is 11.2 Å². The topological polar surface area (TPSA) is 96.9 Å². The average molecular weight is 450 g/mol. The fourth-order valence-electron chi connectivity index (χ4n) is 3.33. The van der Waals surface area contributed by atoms with Crippen LogP contribution >= 0.6 is 0 Å². The Hall–Kier alpha value is -4.65. The van der Waals surface area contributed by atoms with Gasteiger partial charge in [-0.25, -0.2) is 9.97 Å². The molecule has 4 aromatic rings. The van der Waals surface area contributed by atoms with Crippen LogP contribution in [0.3, 0.4) is 0 Å². The molecule has 2 aromatic heterocycles. The van der Waals surface area contributed by atoms with Crippen molar-refractivity contribution in [2.45, 2.75) is 13.3 Å². The summed E-state index contributed by atoms with van der Waals surface area (Å²) in [6, 6.07) is 18.4. The number of nitrogens with one attached hydrogen (secondary N) is 2. The third kappa shape index (κ3) is 5.58. The van der Waals surface area contributed by atoms with Gasteiger partial charge in [-0.1, -0.05) is 24.8 Å². The van der Waals surface area contributed by atoms with Crippen LogP contribution in [0.4, 0.5) is 11.4 Å². The largest absolute Gasteiger partial charge is 0.322 e. The third-order valence-corrected chi connectivity index (χ3v) is 5.18. The number of hydrogen-bond donors (Lipinski definition) is 2. The molecule has 0 fully saturated rings. The summed E-state index contributed by atoms with van der Waals surface area (Å²) in [6.45, 7) is 5.31. The molecule has 34 heavy (non-hydrogen) atoms. The van der Waals surface area contributed by atoms with Crippen molar-refractivity contribution in [2.24, 2.45) is 0 Å². The molecule has 0 unspecified atom stereocenters. The molecule has 2 heterocycles. The van der Waals surface area contributed by atoms with Crippen molar-refractivity contribution in [3.8, 4) is 11.3 Å². The first kappa shape index (κ1) is 22.5. The predicted molar refractivity (Wildman–Crippen MR) is 132 cm³/mol. The van der Waals surface area contributed by atoms with E-state index in [0.717, 1.165) is 22.4 Å². The minimum atomic E-state index is -0.328. The van der Waals surface area contributed by atoms with E-state index in [9.17, 15) is 9.59 Å². The van der Waals surface area contributed by atoms with E-state index in [4.69, 9.17) is 0 Å². The quantitative estimate of drug-likeness (QED) is 0.395. The van der Waals surface area contributed by atoms with E-state index in [0.29, 0.717) is 29.2 Å². The lowest BCUT2D eigenvalue weighted by atomic mass is 10.1. The van der Waals surface area contributed by atoms with E-state index >= 15 is 0 Å². The maximum atomic E-state index is 12.7. The third-order valence-electron chi connectivity index (χ3n) is 5.18. The van der Waals surface area contributed by atoms with Gasteiger partial charge in [-0.15, -0.1) is 0 Å². The fraction of sp³-hybridized carbons (Fsp3) is 0.0741. The number of pyridine rings is 1. The zero-order chi connectivity index (χ0) is 23.9. The number of anilines is 2. The molecule has 0 aliphatic carbocycles. The maximum Gasteiger partial charge on any atom is 0.255 e. The van der Waals surface area contributed by atoms with Crippen LogP contribution in [0.5, 0.6) is 0 Å². The Labute approximate surface area is 197 Å². The maximum absolute atomic E-state index is 12.7. The van der Waals surface area contributed by atoms with Crippen LogP contribution in [0, 0.1) is 6.92 Å². The summed E-state index contributed by atoms with van der Waals surface area (Å²) in [6.07, 6.45) is 6.99. The van der Waals surface area contributed by atoms with Gasteiger partial charge in [0.1, 0.15) is 5.82 Å². The summed E-state index contributed by atoms with van der Waals surface area (Å²) >= 11 is 0. The van der Waals surface area contributed by atoms with Crippen molar-refractivity contribution in [2.75, 3.05) is 10.6 Å². The van der Waals surface area contributed by atoms with E-state index in [1.54, 1.807) is 36.8 Å². The van der Waals surface area contributed by atoms with E-state index in [-0.39, 0.29) is 11.8 Å². The van der Waals surface area contributed by atoms with Crippen LogP contribution in [0.2, 0.25) is 0 Å². The van der Waals surface area contributed by atoms with E-state index in [2.05, 4.69) is 32.2 Å². The first-order valence-corrected chi connectivity index (χ1v) is 10.7. The SMILES string of the molecule is C=CC(=O)Nc1cc(C(=O)Nc2ccc(Cc3nccc(-c4cccnc4)n3)cc2)ccc1C. The predicted octanol–water partition coefficient (Wildman–Crippen LogP) is 4.81. The van der Waals surface area contributed by atoms with Gasteiger partial charge in [0.05, 0.1) is 5.69 Å². The first-order valence-electron chi connectivity index (χ1n) is 10.7. The van der Waals surface area contributed by atoms with Crippen LogP contribution in [0.1, 0.15) is 27.3 Å². The van der Waals surface area contributed by atoms with Crippen molar-refractivity contribution >= 4 is 23.2 Å². The Morgan fingerprint density at radius 2 is 1.82 bits per heavy atom. The van der Waals surface area contributed by atoms with E-state index in [1.165, 1.54) is 6.08 Å². The first-order chi connectivity index (χ1) is 16.5. The normalized spacial score (nSPS) is 10.4. The van der Waals surface area contributed by atoms with Crippen molar-refractivity contribution < 1.29 is 9.59 Å². The molecule has 0 spiro atoms. The second-order valence-corrected chi connectivity index (χ2v) is 7.65. The molecule has 0 bridgehead atoms. The molecule has 0 atom stereocenters. The summed E-state index contributed by atoms with van der Waals surface area (Å²) in [7, 11) is 0. The molecule has 7 heteroatoms. The van der Waals surface area contributed by atoms with Gasteiger partial charge in [0.25, 0.3) is 5.91 Å². The lowest BCUT2D eigenvalue weighted by molar-refractivity contribution is -0.111. The van der Waals surface area contributed by atoms with Gasteiger partial charge < -0.3 is 10.6 Å².